The Morgan fingerprint density at radius 2 is 1.36 bits per heavy atom. The Morgan fingerprint density at radius 1 is 0.864 bits per heavy atom. The first-order chi connectivity index (χ1) is 10.6. The molecule has 0 saturated heterocycles. The molecule has 0 spiro atoms. The van der Waals surface area contributed by atoms with Gasteiger partial charge in [0.2, 0.25) is 0 Å². The molecular formula is C17H34O5. The molecule has 0 radical (unpaired) electrons. The van der Waals surface area contributed by atoms with Crippen molar-refractivity contribution in [3.8, 4) is 0 Å². The fourth-order valence-electron chi connectivity index (χ4n) is 2.24. The molecule has 0 unspecified atom stereocenters. The Labute approximate surface area is 134 Å². The number of carbonyl (C=O) groups is 1. The van der Waals surface area contributed by atoms with Gasteiger partial charge in [-0.1, -0.05) is 51.9 Å². The van der Waals surface area contributed by atoms with E-state index in [1.54, 1.807) is 0 Å². The largest absolute Gasteiger partial charge is 0.466 e. The second kappa shape index (κ2) is 14.0. The van der Waals surface area contributed by atoms with E-state index in [0.29, 0.717) is 6.42 Å². The third kappa shape index (κ3) is 10.1. The fourth-order valence-corrected chi connectivity index (χ4v) is 2.24. The van der Waals surface area contributed by atoms with Crippen molar-refractivity contribution >= 4 is 5.97 Å². The van der Waals surface area contributed by atoms with Crippen LogP contribution in [0.3, 0.4) is 0 Å². The van der Waals surface area contributed by atoms with Crippen molar-refractivity contribution in [2.24, 2.45) is 5.41 Å². The molecule has 0 heterocycles. The SMILES string of the molecule is CCCCCCCCCCC(=O)OCCC(CO)(CO)CO. The molecule has 22 heavy (non-hydrogen) atoms. The number of rotatable bonds is 15. The van der Waals surface area contributed by atoms with Gasteiger partial charge < -0.3 is 20.1 Å². The van der Waals surface area contributed by atoms with Crippen LogP contribution in [-0.2, 0) is 9.53 Å². The summed E-state index contributed by atoms with van der Waals surface area (Å²) in [5.41, 5.74) is -0.960. The summed E-state index contributed by atoms with van der Waals surface area (Å²) in [7, 11) is 0. The van der Waals surface area contributed by atoms with Crippen molar-refractivity contribution in [3.63, 3.8) is 0 Å². The molecule has 0 atom stereocenters. The van der Waals surface area contributed by atoms with E-state index < -0.39 is 5.41 Å². The Balaban J connectivity index is 3.54. The summed E-state index contributed by atoms with van der Waals surface area (Å²) in [6.07, 6.45) is 10.1. The van der Waals surface area contributed by atoms with Crippen molar-refractivity contribution in [3.05, 3.63) is 0 Å². The van der Waals surface area contributed by atoms with Gasteiger partial charge in [-0.05, 0) is 12.8 Å². The van der Waals surface area contributed by atoms with E-state index in [1.165, 1.54) is 38.5 Å². The van der Waals surface area contributed by atoms with Crippen molar-refractivity contribution < 1.29 is 24.9 Å². The van der Waals surface area contributed by atoms with E-state index >= 15 is 0 Å². The normalized spacial score (nSPS) is 11.6. The second-order valence-electron chi connectivity index (χ2n) is 6.17. The highest BCUT2D eigenvalue weighted by atomic mass is 16.5. The quantitative estimate of drug-likeness (QED) is 0.319. The zero-order chi connectivity index (χ0) is 16.7. The summed E-state index contributed by atoms with van der Waals surface area (Å²) >= 11 is 0. The molecule has 132 valence electrons. The smallest absolute Gasteiger partial charge is 0.305 e. The summed E-state index contributed by atoms with van der Waals surface area (Å²) in [6.45, 7) is 1.36. The van der Waals surface area contributed by atoms with E-state index in [-0.39, 0.29) is 38.8 Å². The van der Waals surface area contributed by atoms with Gasteiger partial charge >= 0.3 is 5.97 Å². The highest BCUT2D eigenvalue weighted by Gasteiger charge is 2.28. The maximum absolute atomic E-state index is 11.6. The fraction of sp³-hybridized carbons (Fsp3) is 0.941. The highest BCUT2D eigenvalue weighted by molar-refractivity contribution is 5.69. The van der Waals surface area contributed by atoms with Gasteiger partial charge in [0.25, 0.3) is 0 Å². The van der Waals surface area contributed by atoms with Gasteiger partial charge in [0.1, 0.15) is 0 Å². The standard InChI is InChI=1S/C17H34O5/c1-2-3-4-5-6-7-8-9-10-16(21)22-12-11-17(13-18,14-19)15-20/h18-20H,2-15H2,1H3. The summed E-state index contributed by atoms with van der Waals surface area (Å²) in [6, 6.07) is 0. The lowest BCUT2D eigenvalue weighted by Crippen LogP contribution is -2.35. The van der Waals surface area contributed by atoms with Gasteiger partial charge in [0.05, 0.1) is 26.4 Å². The average molecular weight is 318 g/mol. The topological polar surface area (TPSA) is 87.0 Å². The minimum atomic E-state index is -0.960. The molecule has 0 aromatic rings. The number of hydrogen-bond donors (Lipinski definition) is 3. The van der Waals surface area contributed by atoms with Crippen LogP contribution in [0.25, 0.3) is 0 Å². The van der Waals surface area contributed by atoms with Gasteiger partial charge in [-0.3, -0.25) is 4.79 Å². The number of esters is 1. The predicted molar refractivity (Wildman–Crippen MR) is 86.5 cm³/mol. The zero-order valence-electron chi connectivity index (χ0n) is 14.1. The first-order valence-corrected chi connectivity index (χ1v) is 8.62. The number of aliphatic hydroxyl groups is 3. The van der Waals surface area contributed by atoms with E-state index in [4.69, 9.17) is 20.1 Å². The Kier molecular flexibility index (Phi) is 13.6. The van der Waals surface area contributed by atoms with Crippen LogP contribution in [0.15, 0.2) is 0 Å². The van der Waals surface area contributed by atoms with Gasteiger partial charge in [-0.15, -0.1) is 0 Å². The summed E-state index contributed by atoms with van der Waals surface area (Å²) in [5, 5.41) is 27.5. The molecule has 0 aliphatic heterocycles. The van der Waals surface area contributed by atoms with Gasteiger partial charge in [0.15, 0.2) is 0 Å². The maximum Gasteiger partial charge on any atom is 0.305 e. The monoisotopic (exact) mass is 318 g/mol. The van der Waals surface area contributed by atoms with Gasteiger partial charge in [-0.25, -0.2) is 0 Å². The number of ether oxygens (including phenoxy) is 1. The van der Waals surface area contributed by atoms with E-state index in [2.05, 4.69) is 6.92 Å². The molecule has 0 bridgehead atoms. The van der Waals surface area contributed by atoms with Crippen LogP contribution in [0.2, 0.25) is 0 Å². The summed E-state index contributed by atoms with van der Waals surface area (Å²) in [4.78, 5) is 11.6. The number of unbranched alkanes of at least 4 members (excludes halogenated alkanes) is 7. The van der Waals surface area contributed by atoms with Crippen LogP contribution >= 0.6 is 0 Å². The lowest BCUT2D eigenvalue weighted by molar-refractivity contribution is -0.145. The molecule has 0 fully saturated rings. The minimum absolute atomic E-state index is 0.123. The molecule has 0 amide bonds. The first-order valence-electron chi connectivity index (χ1n) is 8.62. The molecular weight excluding hydrogens is 284 g/mol. The lowest BCUT2D eigenvalue weighted by atomic mass is 9.88. The number of aliphatic hydroxyl groups excluding tert-OH is 3. The third-order valence-electron chi connectivity index (χ3n) is 4.14. The Morgan fingerprint density at radius 3 is 1.86 bits per heavy atom. The van der Waals surface area contributed by atoms with Crippen molar-refractivity contribution in [1.29, 1.82) is 0 Å². The average Bonchev–Trinajstić information content (AvgIpc) is 2.54. The molecule has 0 aliphatic rings. The predicted octanol–water partition coefficient (Wildman–Crippen LogP) is 2.41. The molecule has 0 rings (SSSR count). The molecule has 0 aromatic heterocycles. The van der Waals surface area contributed by atoms with E-state index in [1.807, 2.05) is 0 Å². The third-order valence-corrected chi connectivity index (χ3v) is 4.14. The van der Waals surface area contributed by atoms with Crippen molar-refractivity contribution in [1.82, 2.24) is 0 Å². The Bertz CT molecular complexity index is 256. The minimum Gasteiger partial charge on any atom is -0.466 e. The summed E-state index contributed by atoms with van der Waals surface area (Å²) < 4.78 is 5.09. The molecule has 5 nitrogen and oxygen atoms in total. The van der Waals surface area contributed by atoms with Crippen LogP contribution in [0.1, 0.15) is 71.1 Å². The van der Waals surface area contributed by atoms with Gasteiger partial charge in [-0.2, -0.15) is 0 Å². The Hall–Kier alpha value is -0.650. The van der Waals surface area contributed by atoms with Crippen LogP contribution in [0.4, 0.5) is 0 Å². The number of carbonyl (C=O) groups excluding carboxylic acids is 1. The van der Waals surface area contributed by atoms with Crippen LogP contribution < -0.4 is 0 Å². The van der Waals surface area contributed by atoms with Gasteiger partial charge in [0, 0.05) is 11.8 Å². The van der Waals surface area contributed by atoms with Crippen molar-refractivity contribution in [2.45, 2.75) is 71.1 Å². The number of hydrogen-bond acceptors (Lipinski definition) is 5. The van der Waals surface area contributed by atoms with Crippen molar-refractivity contribution in [2.75, 3.05) is 26.4 Å². The lowest BCUT2D eigenvalue weighted by Gasteiger charge is -2.26. The first kappa shape index (κ1) is 21.4. The molecule has 5 heteroatoms. The molecule has 0 saturated carbocycles. The molecule has 3 N–H and O–H groups in total. The summed E-state index contributed by atoms with van der Waals surface area (Å²) in [5.74, 6) is -0.242. The van der Waals surface area contributed by atoms with Crippen LogP contribution in [0, 0.1) is 5.41 Å². The zero-order valence-corrected chi connectivity index (χ0v) is 14.1. The van der Waals surface area contributed by atoms with E-state index in [0.717, 1.165) is 12.8 Å². The van der Waals surface area contributed by atoms with E-state index in [9.17, 15) is 4.79 Å². The van der Waals surface area contributed by atoms with Crippen LogP contribution in [-0.4, -0.2) is 47.7 Å². The maximum atomic E-state index is 11.6. The second-order valence-corrected chi connectivity index (χ2v) is 6.17. The highest BCUT2D eigenvalue weighted by Crippen LogP contribution is 2.20. The molecule has 0 aliphatic carbocycles. The molecule has 0 aromatic carbocycles. The van der Waals surface area contributed by atoms with Crippen LogP contribution in [0.5, 0.6) is 0 Å².